The lowest BCUT2D eigenvalue weighted by Crippen LogP contribution is -2.41. The van der Waals surface area contributed by atoms with Crippen molar-refractivity contribution in [2.24, 2.45) is 10.9 Å². The second kappa shape index (κ2) is 11.8. The average molecular weight is 270 g/mol. The topological polar surface area (TPSA) is 65.5 Å². The maximum absolute atomic E-state index is 10.7. The van der Waals surface area contributed by atoms with Crippen molar-refractivity contribution in [1.82, 2.24) is 16.0 Å². The number of guanidine groups is 1. The Bertz CT molecular complexity index is 264. The average Bonchev–Trinajstić information content (AvgIpc) is 2.33. The number of hydrogen-bond donors (Lipinski definition) is 3. The Balaban J connectivity index is 3.78. The summed E-state index contributed by atoms with van der Waals surface area (Å²) in [6.45, 7) is 11.1. The summed E-state index contributed by atoms with van der Waals surface area (Å²) < 4.78 is 0. The quantitative estimate of drug-likeness (QED) is 0.338. The van der Waals surface area contributed by atoms with E-state index in [4.69, 9.17) is 0 Å². The van der Waals surface area contributed by atoms with E-state index in [-0.39, 0.29) is 5.91 Å². The van der Waals surface area contributed by atoms with E-state index in [0.717, 1.165) is 31.4 Å². The number of carbonyl (C=O) groups excluding carboxylic acids is 1. The molecule has 0 aliphatic heterocycles. The first-order chi connectivity index (χ1) is 9.06. The van der Waals surface area contributed by atoms with Gasteiger partial charge in [0.2, 0.25) is 5.91 Å². The van der Waals surface area contributed by atoms with E-state index in [2.05, 4.69) is 34.8 Å². The molecule has 0 aliphatic rings. The van der Waals surface area contributed by atoms with E-state index in [1.165, 1.54) is 19.8 Å². The number of unbranched alkanes of at least 4 members (excludes halogenated alkanes) is 1. The molecule has 5 nitrogen and oxygen atoms in total. The first-order valence-electron chi connectivity index (χ1n) is 7.32. The third-order valence-corrected chi connectivity index (χ3v) is 2.60. The molecule has 0 aromatic carbocycles. The second-order valence-corrected chi connectivity index (χ2v) is 5.06. The van der Waals surface area contributed by atoms with Crippen LogP contribution in [0.1, 0.15) is 47.0 Å². The summed E-state index contributed by atoms with van der Waals surface area (Å²) in [5.74, 6) is 1.60. The minimum atomic E-state index is -0.00238. The summed E-state index contributed by atoms with van der Waals surface area (Å²) >= 11 is 0. The van der Waals surface area contributed by atoms with Crippen LogP contribution in [0.5, 0.6) is 0 Å². The molecule has 0 unspecified atom stereocenters. The van der Waals surface area contributed by atoms with E-state index in [0.29, 0.717) is 13.1 Å². The van der Waals surface area contributed by atoms with Gasteiger partial charge in [0.25, 0.3) is 0 Å². The third-order valence-electron chi connectivity index (χ3n) is 2.60. The highest BCUT2D eigenvalue weighted by atomic mass is 16.1. The van der Waals surface area contributed by atoms with Gasteiger partial charge in [0.1, 0.15) is 0 Å². The summed E-state index contributed by atoms with van der Waals surface area (Å²) in [5, 5.41) is 9.14. The molecule has 0 fully saturated rings. The fraction of sp³-hybridized carbons (Fsp3) is 0.857. The predicted octanol–water partition coefficient (Wildman–Crippen LogP) is 1.50. The lowest BCUT2D eigenvalue weighted by molar-refractivity contribution is -0.118. The Morgan fingerprint density at radius 1 is 1.11 bits per heavy atom. The lowest BCUT2D eigenvalue weighted by Gasteiger charge is -2.11. The van der Waals surface area contributed by atoms with Crippen LogP contribution < -0.4 is 16.0 Å². The van der Waals surface area contributed by atoms with Crippen molar-refractivity contribution in [3.05, 3.63) is 0 Å². The van der Waals surface area contributed by atoms with E-state index in [1.54, 1.807) is 0 Å². The number of rotatable bonds is 9. The summed E-state index contributed by atoms with van der Waals surface area (Å²) in [6.07, 6.45) is 3.62. The predicted molar refractivity (Wildman–Crippen MR) is 81.4 cm³/mol. The normalized spacial score (nSPS) is 11.5. The van der Waals surface area contributed by atoms with Crippen LogP contribution in [0.25, 0.3) is 0 Å². The van der Waals surface area contributed by atoms with Gasteiger partial charge in [0, 0.05) is 33.1 Å². The van der Waals surface area contributed by atoms with Crippen molar-refractivity contribution in [2.75, 3.05) is 26.2 Å². The zero-order chi connectivity index (χ0) is 14.5. The van der Waals surface area contributed by atoms with Crippen molar-refractivity contribution in [3.63, 3.8) is 0 Å². The number of aliphatic imine (C=N–C) groups is 1. The Morgan fingerprint density at radius 3 is 2.37 bits per heavy atom. The van der Waals surface area contributed by atoms with Crippen LogP contribution in [0.3, 0.4) is 0 Å². The van der Waals surface area contributed by atoms with Crippen LogP contribution in [-0.2, 0) is 4.79 Å². The fourth-order valence-corrected chi connectivity index (χ4v) is 1.62. The molecule has 1 amide bonds. The van der Waals surface area contributed by atoms with E-state index >= 15 is 0 Å². The van der Waals surface area contributed by atoms with E-state index in [9.17, 15) is 4.79 Å². The summed E-state index contributed by atoms with van der Waals surface area (Å²) in [7, 11) is 0. The molecule has 0 aliphatic carbocycles. The van der Waals surface area contributed by atoms with Gasteiger partial charge in [-0.15, -0.1) is 0 Å². The van der Waals surface area contributed by atoms with E-state index < -0.39 is 0 Å². The van der Waals surface area contributed by atoms with Gasteiger partial charge in [-0.25, -0.2) is 0 Å². The molecular weight excluding hydrogens is 240 g/mol. The number of nitrogens with one attached hydrogen (secondary N) is 3. The van der Waals surface area contributed by atoms with Crippen LogP contribution in [0.2, 0.25) is 0 Å². The van der Waals surface area contributed by atoms with Gasteiger partial charge in [-0.3, -0.25) is 9.79 Å². The maximum atomic E-state index is 10.7. The minimum Gasteiger partial charge on any atom is -0.357 e. The van der Waals surface area contributed by atoms with Crippen LogP contribution >= 0.6 is 0 Å². The van der Waals surface area contributed by atoms with Crippen LogP contribution in [0.4, 0.5) is 0 Å². The molecule has 0 saturated heterocycles. The van der Waals surface area contributed by atoms with E-state index in [1.807, 2.05) is 6.92 Å². The Hall–Kier alpha value is -1.26. The van der Waals surface area contributed by atoms with Crippen molar-refractivity contribution < 1.29 is 4.79 Å². The zero-order valence-corrected chi connectivity index (χ0v) is 12.9. The van der Waals surface area contributed by atoms with Gasteiger partial charge in [-0.05, 0) is 19.3 Å². The molecule has 0 atom stereocenters. The number of amides is 1. The minimum absolute atomic E-state index is 0.00238. The number of carbonyl (C=O) groups is 1. The first kappa shape index (κ1) is 17.7. The highest BCUT2D eigenvalue weighted by molar-refractivity contribution is 5.79. The summed E-state index contributed by atoms with van der Waals surface area (Å²) in [6, 6.07) is 0. The van der Waals surface area contributed by atoms with Crippen molar-refractivity contribution in [3.8, 4) is 0 Å². The summed E-state index contributed by atoms with van der Waals surface area (Å²) in [4.78, 5) is 15.2. The Kier molecular flexibility index (Phi) is 11.0. The maximum Gasteiger partial charge on any atom is 0.216 e. The molecule has 0 spiro atoms. The molecule has 3 N–H and O–H groups in total. The number of hydrogen-bond acceptors (Lipinski definition) is 2. The van der Waals surface area contributed by atoms with Gasteiger partial charge in [-0.2, -0.15) is 0 Å². The van der Waals surface area contributed by atoms with Crippen molar-refractivity contribution >= 4 is 11.9 Å². The first-order valence-corrected chi connectivity index (χ1v) is 7.32. The molecule has 0 rings (SSSR count). The van der Waals surface area contributed by atoms with Gasteiger partial charge in [0.15, 0.2) is 5.96 Å². The second-order valence-electron chi connectivity index (χ2n) is 5.06. The molecule has 0 bridgehead atoms. The molecule has 0 saturated carbocycles. The molecule has 112 valence electrons. The van der Waals surface area contributed by atoms with Gasteiger partial charge in [0.05, 0.1) is 0 Å². The van der Waals surface area contributed by atoms with Gasteiger partial charge >= 0.3 is 0 Å². The van der Waals surface area contributed by atoms with Crippen molar-refractivity contribution in [1.29, 1.82) is 0 Å². The summed E-state index contributed by atoms with van der Waals surface area (Å²) in [5.41, 5.74) is 0. The van der Waals surface area contributed by atoms with Crippen molar-refractivity contribution in [2.45, 2.75) is 47.0 Å². The van der Waals surface area contributed by atoms with Gasteiger partial charge < -0.3 is 16.0 Å². The molecule has 0 radical (unpaired) electrons. The molecular formula is C14H30N4O. The standard InChI is InChI=1S/C14H30N4O/c1-5-15-14(18-11-10-16-13(4)19)17-9-7-6-8-12(2)3/h12H,5-11H2,1-4H3,(H,16,19)(H2,15,17,18). The molecule has 0 aromatic rings. The third kappa shape index (κ3) is 13.0. The molecule has 19 heavy (non-hydrogen) atoms. The molecule has 5 heteroatoms. The fourth-order valence-electron chi connectivity index (χ4n) is 1.62. The Morgan fingerprint density at radius 2 is 1.79 bits per heavy atom. The van der Waals surface area contributed by atoms with Crippen LogP contribution in [-0.4, -0.2) is 38.0 Å². The SMILES string of the molecule is CCNC(=NCCCCC(C)C)NCCNC(C)=O. The largest absolute Gasteiger partial charge is 0.357 e. The van der Waals surface area contributed by atoms with Crippen LogP contribution in [0.15, 0.2) is 4.99 Å². The monoisotopic (exact) mass is 270 g/mol. The molecule has 0 aromatic heterocycles. The van der Waals surface area contributed by atoms with Crippen LogP contribution in [0, 0.1) is 5.92 Å². The molecule has 0 heterocycles. The highest BCUT2D eigenvalue weighted by Gasteiger charge is 1.97. The van der Waals surface area contributed by atoms with Gasteiger partial charge in [-0.1, -0.05) is 26.7 Å². The lowest BCUT2D eigenvalue weighted by atomic mass is 10.1. The number of nitrogens with zero attached hydrogens (tertiary/aromatic N) is 1. The Labute approximate surface area is 117 Å². The smallest absolute Gasteiger partial charge is 0.216 e. The highest BCUT2D eigenvalue weighted by Crippen LogP contribution is 2.05. The zero-order valence-electron chi connectivity index (χ0n) is 12.9.